The van der Waals surface area contributed by atoms with Crippen LogP contribution in [0.1, 0.15) is 0 Å². The van der Waals surface area contributed by atoms with Crippen LogP contribution in [0, 0.1) is 0 Å². The predicted molar refractivity (Wildman–Crippen MR) is 90.4 cm³/mol. The maximum Gasteiger partial charge on any atom is 0.203 e. The monoisotopic (exact) mass is 328 g/mol. The third-order valence-electron chi connectivity index (χ3n) is 3.45. The van der Waals surface area contributed by atoms with Crippen molar-refractivity contribution in [1.82, 2.24) is 9.97 Å². The lowest BCUT2D eigenvalue weighted by molar-refractivity contribution is 0.324. The van der Waals surface area contributed by atoms with Gasteiger partial charge in [0.15, 0.2) is 11.5 Å². The van der Waals surface area contributed by atoms with Crippen LogP contribution in [-0.2, 0) is 0 Å². The van der Waals surface area contributed by atoms with Crippen molar-refractivity contribution in [2.45, 2.75) is 0 Å². The molecule has 0 saturated heterocycles. The number of methoxy groups -OCH3 is 3. The van der Waals surface area contributed by atoms with Gasteiger partial charge in [-0.15, -0.1) is 11.3 Å². The maximum atomic E-state index is 5.42. The van der Waals surface area contributed by atoms with E-state index >= 15 is 0 Å². The fourth-order valence-electron chi connectivity index (χ4n) is 2.38. The Hall–Kier alpha value is -2.60. The van der Waals surface area contributed by atoms with Gasteiger partial charge in [0.05, 0.1) is 37.4 Å². The van der Waals surface area contributed by atoms with Gasteiger partial charge in [-0.05, 0) is 29.8 Å². The molecular formula is C17H16N2O3S. The zero-order valence-corrected chi connectivity index (χ0v) is 13.9. The standard InChI is InChI=1S/C17H16N2O3S/c1-20-13-8-12(9-14(21-2)16(13)22-3)15-17(23-10-19-15)11-4-6-18-7-5-11/h4-10H,1-3H3. The Morgan fingerprint density at radius 1 is 0.870 bits per heavy atom. The van der Waals surface area contributed by atoms with Crippen molar-refractivity contribution in [2.24, 2.45) is 0 Å². The highest BCUT2D eigenvalue weighted by Gasteiger charge is 2.18. The second kappa shape index (κ2) is 6.66. The number of hydrogen-bond donors (Lipinski definition) is 0. The highest BCUT2D eigenvalue weighted by molar-refractivity contribution is 7.13. The molecule has 1 aromatic carbocycles. The van der Waals surface area contributed by atoms with Gasteiger partial charge in [-0.3, -0.25) is 4.98 Å². The Kier molecular flexibility index (Phi) is 4.43. The van der Waals surface area contributed by atoms with E-state index in [-0.39, 0.29) is 0 Å². The SMILES string of the molecule is COc1cc(-c2ncsc2-c2ccncc2)cc(OC)c1OC. The minimum atomic E-state index is 0.569. The molecule has 5 nitrogen and oxygen atoms in total. The van der Waals surface area contributed by atoms with Crippen LogP contribution in [0.5, 0.6) is 17.2 Å². The molecule has 2 heterocycles. The number of aromatic nitrogens is 2. The summed E-state index contributed by atoms with van der Waals surface area (Å²) in [4.78, 5) is 9.65. The van der Waals surface area contributed by atoms with Gasteiger partial charge in [-0.25, -0.2) is 4.98 Å². The first kappa shape index (κ1) is 15.3. The number of ether oxygens (including phenoxy) is 3. The van der Waals surface area contributed by atoms with Crippen LogP contribution in [0.2, 0.25) is 0 Å². The first-order chi connectivity index (χ1) is 11.3. The van der Waals surface area contributed by atoms with Crippen LogP contribution < -0.4 is 14.2 Å². The quantitative estimate of drug-likeness (QED) is 0.711. The van der Waals surface area contributed by atoms with Crippen molar-refractivity contribution in [3.63, 3.8) is 0 Å². The second-order valence-electron chi connectivity index (χ2n) is 4.68. The first-order valence-electron chi connectivity index (χ1n) is 6.92. The van der Waals surface area contributed by atoms with E-state index in [2.05, 4.69) is 9.97 Å². The average molecular weight is 328 g/mol. The molecule has 6 heteroatoms. The molecule has 118 valence electrons. The summed E-state index contributed by atoms with van der Waals surface area (Å²) in [6.07, 6.45) is 3.54. The largest absolute Gasteiger partial charge is 0.493 e. The first-order valence-corrected chi connectivity index (χ1v) is 7.80. The number of rotatable bonds is 5. The van der Waals surface area contributed by atoms with Gasteiger partial charge in [-0.1, -0.05) is 0 Å². The van der Waals surface area contributed by atoms with Crippen LogP contribution in [0.15, 0.2) is 42.2 Å². The van der Waals surface area contributed by atoms with Crippen molar-refractivity contribution in [2.75, 3.05) is 21.3 Å². The summed E-state index contributed by atoms with van der Waals surface area (Å²) in [5.74, 6) is 1.78. The normalized spacial score (nSPS) is 10.4. The summed E-state index contributed by atoms with van der Waals surface area (Å²) in [7, 11) is 4.79. The summed E-state index contributed by atoms with van der Waals surface area (Å²) in [6, 6.07) is 7.74. The summed E-state index contributed by atoms with van der Waals surface area (Å²) >= 11 is 1.58. The van der Waals surface area contributed by atoms with Crippen LogP contribution in [0.25, 0.3) is 21.7 Å². The molecule has 0 atom stereocenters. The molecular weight excluding hydrogens is 312 g/mol. The Morgan fingerprint density at radius 3 is 2.09 bits per heavy atom. The number of thiazole rings is 1. The fraction of sp³-hybridized carbons (Fsp3) is 0.176. The van der Waals surface area contributed by atoms with E-state index in [0.29, 0.717) is 17.2 Å². The second-order valence-corrected chi connectivity index (χ2v) is 5.53. The Bertz CT molecular complexity index is 778. The van der Waals surface area contributed by atoms with E-state index < -0.39 is 0 Å². The molecule has 2 aromatic heterocycles. The van der Waals surface area contributed by atoms with Gasteiger partial charge in [0.25, 0.3) is 0 Å². The van der Waals surface area contributed by atoms with Gasteiger partial charge in [-0.2, -0.15) is 0 Å². The van der Waals surface area contributed by atoms with Crippen LogP contribution in [0.4, 0.5) is 0 Å². The van der Waals surface area contributed by atoms with Crippen molar-refractivity contribution >= 4 is 11.3 Å². The fourth-order valence-corrected chi connectivity index (χ4v) is 3.20. The van der Waals surface area contributed by atoms with Crippen LogP contribution >= 0.6 is 11.3 Å². The molecule has 0 radical (unpaired) electrons. The lowest BCUT2D eigenvalue weighted by atomic mass is 10.1. The van der Waals surface area contributed by atoms with Crippen LogP contribution in [0.3, 0.4) is 0 Å². The van der Waals surface area contributed by atoms with Gasteiger partial charge in [0.1, 0.15) is 0 Å². The summed E-state index contributed by atoms with van der Waals surface area (Å²) < 4.78 is 16.2. The van der Waals surface area contributed by atoms with Gasteiger partial charge in [0.2, 0.25) is 5.75 Å². The van der Waals surface area contributed by atoms with Crippen molar-refractivity contribution < 1.29 is 14.2 Å². The van der Waals surface area contributed by atoms with Gasteiger partial charge < -0.3 is 14.2 Å². The molecule has 0 unspecified atom stereocenters. The van der Waals surface area contributed by atoms with E-state index in [0.717, 1.165) is 21.7 Å². The summed E-state index contributed by atoms with van der Waals surface area (Å²) in [5.41, 5.74) is 4.69. The number of pyridine rings is 1. The topological polar surface area (TPSA) is 53.5 Å². The van der Waals surface area contributed by atoms with Crippen LogP contribution in [-0.4, -0.2) is 31.3 Å². The molecule has 0 saturated carbocycles. The molecule has 0 bridgehead atoms. The molecule has 0 aliphatic heterocycles. The number of benzene rings is 1. The highest BCUT2D eigenvalue weighted by Crippen LogP contribution is 2.43. The molecule has 0 spiro atoms. The third-order valence-corrected chi connectivity index (χ3v) is 4.32. The Labute approximate surface area is 138 Å². The smallest absolute Gasteiger partial charge is 0.203 e. The molecule has 0 N–H and O–H groups in total. The summed E-state index contributed by atoms with van der Waals surface area (Å²) in [5, 5.41) is 0. The summed E-state index contributed by atoms with van der Waals surface area (Å²) in [6.45, 7) is 0. The average Bonchev–Trinajstić information content (AvgIpc) is 3.10. The van der Waals surface area contributed by atoms with E-state index in [4.69, 9.17) is 14.2 Å². The zero-order chi connectivity index (χ0) is 16.2. The minimum Gasteiger partial charge on any atom is -0.493 e. The van der Waals surface area contributed by atoms with E-state index in [1.54, 1.807) is 45.1 Å². The van der Waals surface area contributed by atoms with E-state index in [1.807, 2.05) is 29.8 Å². The molecule has 0 amide bonds. The number of hydrogen-bond acceptors (Lipinski definition) is 6. The molecule has 0 fully saturated rings. The molecule has 3 aromatic rings. The van der Waals surface area contributed by atoms with Crippen molar-refractivity contribution in [3.05, 3.63) is 42.2 Å². The Balaban J connectivity index is 2.15. The number of nitrogens with zero attached hydrogens (tertiary/aromatic N) is 2. The third kappa shape index (κ3) is 2.85. The van der Waals surface area contributed by atoms with Crippen molar-refractivity contribution in [1.29, 1.82) is 0 Å². The Morgan fingerprint density at radius 2 is 1.52 bits per heavy atom. The lowest BCUT2D eigenvalue weighted by Crippen LogP contribution is -1.96. The van der Waals surface area contributed by atoms with E-state index in [9.17, 15) is 0 Å². The molecule has 23 heavy (non-hydrogen) atoms. The molecule has 0 aliphatic rings. The minimum absolute atomic E-state index is 0.569. The van der Waals surface area contributed by atoms with Gasteiger partial charge >= 0.3 is 0 Å². The zero-order valence-electron chi connectivity index (χ0n) is 13.1. The molecule has 0 aliphatic carbocycles. The van der Waals surface area contributed by atoms with Crippen molar-refractivity contribution in [3.8, 4) is 38.9 Å². The highest BCUT2D eigenvalue weighted by atomic mass is 32.1. The van der Waals surface area contributed by atoms with Gasteiger partial charge in [0, 0.05) is 18.0 Å². The predicted octanol–water partition coefficient (Wildman–Crippen LogP) is 3.90. The van der Waals surface area contributed by atoms with E-state index in [1.165, 1.54) is 0 Å². The lowest BCUT2D eigenvalue weighted by Gasteiger charge is -2.14. The maximum absolute atomic E-state index is 5.42. The molecule has 3 rings (SSSR count).